The molecule has 2 amide bonds. The highest BCUT2D eigenvalue weighted by Crippen LogP contribution is 2.40. The molecule has 3 aliphatic heterocycles. The lowest BCUT2D eigenvalue weighted by molar-refractivity contribution is -0.125. The van der Waals surface area contributed by atoms with Crippen molar-refractivity contribution in [3.63, 3.8) is 0 Å². The third-order valence-corrected chi connectivity index (χ3v) is 11.2. The number of anilines is 1. The summed E-state index contributed by atoms with van der Waals surface area (Å²) in [6, 6.07) is 16.6. The Morgan fingerprint density at radius 3 is 2.31 bits per heavy atom. The molecule has 3 aromatic rings. The van der Waals surface area contributed by atoms with Gasteiger partial charge in [0, 0.05) is 29.9 Å². The molecule has 0 aliphatic carbocycles. The van der Waals surface area contributed by atoms with Gasteiger partial charge in [0.2, 0.25) is 15.9 Å². The van der Waals surface area contributed by atoms with Gasteiger partial charge >= 0.3 is 6.09 Å². The van der Waals surface area contributed by atoms with Gasteiger partial charge in [0.15, 0.2) is 0 Å². The van der Waals surface area contributed by atoms with Crippen molar-refractivity contribution in [2.45, 2.75) is 54.6 Å². The molecular formula is C32H33ClF2N4O5S. The maximum Gasteiger partial charge on any atom is 0.409 e. The van der Waals surface area contributed by atoms with Crippen LogP contribution in [0.2, 0.25) is 5.02 Å². The van der Waals surface area contributed by atoms with Crippen LogP contribution in [-0.2, 0) is 19.6 Å². The predicted octanol–water partition coefficient (Wildman–Crippen LogP) is 5.47. The van der Waals surface area contributed by atoms with E-state index < -0.39 is 45.4 Å². The number of carbonyl (C=O) groups excluding carboxylic acids is 2. The van der Waals surface area contributed by atoms with Gasteiger partial charge in [-0.25, -0.2) is 22.0 Å². The maximum atomic E-state index is 14.3. The number of nitrogens with one attached hydrogen (secondary N) is 1. The smallest absolute Gasteiger partial charge is 0.409 e. The second-order valence-corrected chi connectivity index (χ2v) is 13.9. The van der Waals surface area contributed by atoms with E-state index in [0.29, 0.717) is 43.8 Å². The van der Waals surface area contributed by atoms with Gasteiger partial charge in [0.25, 0.3) is 0 Å². The Labute approximate surface area is 265 Å². The molecule has 2 atom stereocenters. The van der Waals surface area contributed by atoms with Crippen molar-refractivity contribution in [1.29, 1.82) is 0 Å². The first-order valence-electron chi connectivity index (χ1n) is 14.9. The van der Waals surface area contributed by atoms with Crippen molar-refractivity contribution in [2.75, 3.05) is 31.3 Å². The maximum absolute atomic E-state index is 14.3. The molecule has 0 radical (unpaired) electrons. The van der Waals surface area contributed by atoms with Crippen LogP contribution in [0.25, 0.3) is 0 Å². The van der Waals surface area contributed by atoms with Crippen LogP contribution in [0.5, 0.6) is 0 Å². The molecule has 3 aromatic carbocycles. The van der Waals surface area contributed by atoms with Gasteiger partial charge in [-0.1, -0.05) is 29.8 Å². The lowest BCUT2D eigenvalue weighted by atomic mass is 9.86. The monoisotopic (exact) mass is 658 g/mol. The number of benzene rings is 3. The van der Waals surface area contributed by atoms with Crippen molar-refractivity contribution in [1.82, 2.24) is 14.5 Å². The summed E-state index contributed by atoms with van der Waals surface area (Å²) in [4.78, 5) is 29.8. The van der Waals surface area contributed by atoms with E-state index in [1.807, 2.05) is 35.2 Å². The van der Waals surface area contributed by atoms with Crippen molar-refractivity contribution in [3.8, 4) is 0 Å². The largest absolute Gasteiger partial charge is 0.448 e. The van der Waals surface area contributed by atoms with E-state index in [9.17, 15) is 26.8 Å². The summed E-state index contributed by atoms with van der Waals surface area (Å²) in [5.41, 5.74) is 0.317. The highest BCUT2D eigenvalue weighted by Gasteiger charge is 2.51. The Bertz CT molecular complexity index is 1650. The number of hydrogen-bond acceptors (Lipinski definition) is 6. The molecule has 9 nitrogen and oxygen atoms in total. The Morgan fingerprint density at radius 1 is 0.978 bits per heavy atom. The molecule has 3 saturated heterocycles. The topological polar surface area (TPSA) is 99.3 Å². The van der Waals surface area contributed by atoms with Gasteiger partial charge in [-0.2, -0.15) is 4.31 Å². The zero-order valence-corrected chi connectivity index (χ0v) is 25.9. The Balaban J connectivity index is 1.19. The first kappa shape index (κ1) is 31.3. The second kappa shape index (κ2) is 12.6. The second-order valence-electron chi connectivity index (χ2n) is 11.6. The van der Waals surface area contributed by atoms with Crippen molar-refractivity contribution in [2.24, 2.45) is 0 Å². The lowest BCUT2D eigenvalue weighted by Crippen LogP contribution is -2.57. The lowest BCUT2D eigenvalue weighted by Gasteiger charge is -2.43. The summed E-state index contributed by atoms with van der Waals surface area (Å²) in [6.07, 6.45) is 1.44. The molecule has 0 aromatic heterocycles. The first-order valence-corrected chi connectivity index (χ1v) is 16.7. The number of sulfonamides is 1. The molecule has 0 saturated carbocycles. The van der Waals surface area contributed by atoms with E-state index in [4.69, 9.17) is 16.3 Å². The first-order chi connectivity index (χ1) is 21.6. The Kier molecular flexibility index (Phi) is 8.73. The summed E-state index contributed by atoms with van der Waals surface area (Å²) < 4.78 is 63.5. The zero-order chi connectivity index (χ0) is 31.8. The van der Waals surface area contributed by atoms with Crippen molar-refractivity contribution in [3.05, 3.63) is 95.0 Å². The SMILES string of the molecule is O=C(OC[C@H]1CCC[C@@H](c2cc(F)cc(F)c2)N1S(=O)(=O)c1ccc(Cl)cc1)N1CCC2(CC1)C(=O)NCN2c1ccccc1. The normalized spacial score (nSPS) is 22.0. The van der Waals surface area contributed by atoms with Gasteiger partial charge in [-0.15, -0.1) is 0 Å². The number of ether oxygens (including phenoxy) is 1. The van der Waals surface area contributed by atoms with Crippen LogP contribution in [0.4, 0.5) is 19.3 Å². The van der Waals surface area contributed by atoms with Crippen LogP contribution in [0, 0.1) is 11.6 Å². The highest BCUT2D eigenvalue weighted by molar-refractivity contribution is 7.89. The van der Waals surface area contributed by atoms with Crippen molar-refractivity contribution >= 4 is 39.3 Å². The quantitative estimate of drug-likeness (QED) is 0.377. The number of halogens is 3. The number of amides is 2. The summed E-state index contributed by atoms with van der Waals surface area (Å²) in [5, 5.41) is 3.29. The molecule has 13 heteroatoms. The number of carbonyl (C=O) groups is 2. The third kappa shape index (κ3) is 6.10. The fraction of sp³-hybridized carbons (Fsp3) is 0.375. The van der Waals surface area contributed by atoms with E-state index in [2.05, 4.69) is 5.32 Å². The molecule has 0 unspecified atom stereocenters. The van der Waals surface area contributed by atoms with Gasteiger partial charge in [-0.05, 0) is 86.2 Å². The van der Waals surface area contributed by atoms with Gasteiger partial charge in [0.1, 0.15) is 23.8 Å². The molecule has 6 rings (SSSR count). The van der Waals surface area contributed by atoms with Crippen LogP contribution in [0.15, 0.2) is 77.7 Å². The van der Waals surface area contributed by atoms with Gasteiger partial charge in [-0.3, -0.25) is 4.79 Å². The third-order valence-electron chi connectivity index (χ3n) is 8.99. The average molecular weight is 659 g/mol. The molecular weight excluding hydrogens is 626 g/mol. The fourth-order valence-electron chi connectivity index (χ4n) is 6.74. The molecule has 1 N–H and O–H groups in total. The highest BCUT2D eigenvalue weighted by atomic mass is 35.5. The minimum Gasteiger partial charge on any atom is -0.448 e. The van der Waals surface area contributed by atoms with Gasteiger partial charge < -0.3 is 19.9 Å². The number of likely N-dealkylation sites (tertiary alicyclic amines) is 1. The number of para-hydroxylation sites is 1. The van der Waals surface area contributed by atoms with Crippen LogP contribution < -0.4 is 10.2 Å². The molecule has 0 bridgehead atoms. The van der Waals surface area contributed by atoms with Crippen LogP contribution in [0.1, 0.15) is 43.7 Å². The van der Waals surface area contributed by atoms with E-state index in [0.717, 1.165) is 23.9 Å². The number of nitrogens with zero attached hydrogens (tertiary/aromatic N) is 3. The number of piperidine rings is 2. The molecule has 238 valence electrons. The van der Waals surface area contributed by atoms with Gasteiger partial charge in [0.05, 0.1) is 23.6 Å². The Hall–Kier alpha value is -3.74. The summed E-state index contributed by atoms with van der Waals surface area (Å²) in [6.45, 7) is 0.679. The molecule has 3 aliphatic rings. The summed E-state index contributed by atoms with van der Waals surface area (Å²) in [5.74, 6) is -1.71. The minimum atomic E-state index is -4.20. The summed E-state index contributed by atoms with van der Waals surface area (Å²) in [7, 11) is -4.20. The van der Waals surface area contributed by atoms with Crippen LogP contribution in [-0.4, -0.2) is 67.6 Å². The number of hydrogen-bond donors (Lipinski definition) is 1. The average Bonchev–Trinajstić information content (AvgIpc) is 3.34. The Morgan fingerprint density at radius 2 is 1.64 bits per heavy atom. The predicted molar refractivity (Wildman–Crippen MR) is 164 cm³/mol. The molecule has 3 heterocycles. The molecule has 45 heavy (non-hydrogen) atoms. The minimum absolute atomic E-state index is 0.0360. The van der Waals surface area contributed by atoms with Crippen LogP contribution >= 0.6 is 11.6 Å². The number of rotatable bonds is 6. The van der Waals surface area contributed by atoms with E-state index in [-0.39, 0.29) is 36.1 Å². The van der Waals surface area contributed by atoms with Crippen molar-refractivity contribution < 1.29 is 31.5 Å². The van der Waals surface area contributed by atoms with E-state index in [1.165, 1.54) is 33.5 Å². The van der Waals surface area contributed by atoms with Crippen LogP contribution in [0.3, 0.4) is 0 Å². The van der Waals surface area contributed by atoms with E-state index in [1.54, 1.807) is 0 Å². The van der Waals surface area contributed by atoms with E-state index >= 15 is 0 Å². The fourth-order valence-corrected chi connectivity index (χ4v) is 8.71. The summed E-state index contributed by atoms with van der Waals surface area (Å²) >= 11 is 6.00. The standard InChI is InChI=1S/C32H33ClF2N4O5S/c33-23-9-11-28(12-10-23)45(42,43)39-27(7-4-8-29(39)22-17-24(34)19-25(35)18-22)20-44-31(41)37-15-13-32(14-16-37)30(40)36-21-38(32)26-5-2-1-3-6-26/h1-3,5-6,9-12,17-19,27,29H,4,7-8,13-16,20-21H2,(H,36,40)/t27-,29+/m1/s1. The molecule has 3 fully saturated rings. The molecule has 1 spiro atoms. The zero-order valence-electron chi connectivity index (χ0n) is 24.4.